The summed E-state index contributed by atoms with van der Waals surface area (Å²) in [6.45, 7) is 7.71. The van der Waals surface area contributed by atoms with Gasteiger partial charge in [0.2, 0.25) is 15.9 Å². The highest BCUT2D eigenvalue weighted by Crippen LogP contribution is 2.30. The van der Waals surface area contributed by atoms with Crippen molar-refractivity contribution >= 4 is 21.6 Å². The second-order valence-electron chi connectivity index (χ2n) is 7.11. The van der Waals surface area contributed by atoms with Crippen LogP contribution in [0.5, 0.6) is 0 Å². The predicted molar refractivity (Wildman–Crippen MR) is 102 cm³/mol. The summed E-state index contributed by atoms with van der Waals surface area (Å²) in [4.78, 5) is 18.3. The topological polar surface area (TPSA) is 73.0 Å². The molecule has 0 spiro atoms. The Hall–Kier alpha value is -1.48. The maximum atomic E-state index is 12.5. The van der Waals surface area contributed by atoms with Crippen LogP contribution >= 0.6 is 0 Å². The first-order valence-electron chi connectivity index (χ1n) is 9.18. The molecule has 0 aliphatic carbocycles. The van der Waals surface area contributed by atoms with Gasteiger partial charge in [0.15, 0.2) is 0 Å². The number of fused-ring (bicyclic) bond motifs is 1. The van der Waals surface area contributed by atoms with Crippen LogP contribution in [0.1, 0.15) is 18.9 Å². The van der Waals surface area contributed by atoms with Gasteiger partial charge in [-0.15, -0.1) is 0 Å². The van der Waals surface area contributed by atoms with Gasteiger partial charge in [-0.25, -0.2) is 13.1 Å². The van der Waals surface area contributed by atoms with Crippen LogP contribution in [0.15, 0.2) is 23.1 Å². The largest absolute Gasteiger partial charge is 0.312 e. The Morgan fingerprint density at radius 2 is 1.88 bits per heavy atom. The van der Waals surface area contributed by atoms with Crippen LogP contribution in [0.2, 0.25) is 0 Å². The zero-order valence-electron chi connectivity index (χ0n) is 15.6. The highest BCUT2D eigenvalue weighted by Gasteiger charge is 2.24. The second kappa shape index (κ2) is 8.04. The lowest BCUT2D eigenvalue weighted by atomic mass is 10.2. The van der Waals surface area contributed by atoms with E-state index in [4.69, 9.17) is 0 Å². The van der Waals surface area contributed by atoms with Gasteiger partial charge in [0.25, 0.3) is 0 Å². The van der Waals surface area contributed by atoms with Gasteiger partial charge >= 0.3 is 0 Å². The van der Waals surface area contributed by atoms with Crippen molar-refractivity contribution in [1.82, 2.24) is 14.5 Å². The van der Waals surface area contributed by atoms with Crippen molar-refractivity contribution in [3.05, 3.63) is 23.8 Å². The van der Waals surface area contributed by atoms with Crippen LogP contribution in [0, 0.1) is 0 Å². The number of nitrogens with one attached hydrogen (secondary N) is 1. The van der Waals surface area contributed by atoms with Gasteiger partial charge in [-0.1, -0.05) is 0 Å². The molecule has 0 aromatic heterocycles. The number of hydrogen-bond acceptors (Lipinski definition) is 5. The van der Waals surface area contributed by atoms with E-state index in [-0.39, 0.29) is 10.8 Å². The van der Waals surface area contributed by atoms with Gasteiger partial charge in [0.05, 0.1) is 4.90 Å². The number of rotatable bonds is 6. The molecule has 0 bridgehead atoms. The van der Waals surface area contributed by atoms with Crippen molar-refractivity contribution in [2.24, 2.45) is 0 Å². The fourth-order valence-corrected chi connectivity index (χ4v) is 4.66. The number of nitrogens with zero attached hydrogens (tertiary/aromatic N) is 3. The summed E-state index contributed by atoms with van der Waals surface area (Å²) in [5.41, 5.74) is 1.74. The van der Waals surface area contributed by atoms with Crippen molar-refractivity contribution in [3.63, 3.8) is 0 Å². The Labute approximate surface area is 156 Å². The summed E-state index contributed by atoms with van der Waals surface area (Å²) < 4.78 is 27.8. The van der Waals surface area contributed by atoms with Gasteiger partial charge in [0.1, 0.15) is 0 Å². The Morgan fingerprint density at radius 3 is 2.58 bits per heavy atom. The number of hydrogen-bond donors (Lipinski definition) is 1. The van der Waals surface area contributed by atoms with Gasteiger partial charge in [0, 0.05) is 51.9 Å². The zero-order valence-corrected chi connectivity index (χ0v) is 16.4. The molecule has 0 radical (unpaired) electrons. The maximum absolute atomic E-state index is 12.5. The van der Waals surface area contributed by atoms with E-state index in [9.17, 15) is 13.2 Å². The van der Waals surface area contributed by atoms with E-state index in [1.165, 1.54) is 6.92 Å². The van der Waals surface area contributed by atoms with E-state index in [2.05, 4.69) is 21.6 Å². The third-order valence-electron chi connectivity index (χ3n) is 5.18. The molecule has 2 aliphatic rings. The molecule has 1 aromatic rings. The van der Waals surface area contributed by atoms with E-state index >= 15 is 0 Å². The van der Waals surface area contributed by atoms with Gasteiger partial charge in [-0.2, -0.15) is 0 Å². The summed E-state index contributed by atoms with van der Waals surface area (Å²) in [6, 6.07) is 5.02. The minimum atomic E-state index is -3.51. The number of carbonyl (C=O) groups excluding carboxylic acids is 1. The van der Waals surface area contributed by atoms with Crippen molar-refractivity contribution in [2.75, 3.05) is 57.8 Å². The molecule has 144 valence electrons. The molecule has 8 heteroatoms. The Morgan fingerprint density at radius 1 is 1.15 bits per heavy atom. The number of piperazine rings is 1. The van der Waals surface area contributed by atoms with E-state index in [1.54, 1.807) is 23.1 Å². The Balaban J connectivity index is 1.53. The number of anilines is 1. The van der Waals surface area contributed by atoms with Gasteiger partial charge < -0.3 is 14.7 Å². The van der Waals surface area contributed by atoms with Crippen LogP contribution in [-0.4, -0.2) is 77.0 Å². The molecule has 3 rings (SSSR count). The molecule has 1 N–H and O–H groups in total. The molecule has 1 saturated heterocycles. The third-order valence-corrected chi connectivity index (χ3v) is 6.63. The molecule has 2 aliphatic heterocycles. The van der Waals surface area contributed by atoms with Crippen molar-refractivity contribution in [2.45, 2.75) is 24.7 Å². The number of carbonyl (C=O) groups is 1. The van der Waals surface area contributed by atoms with Crippen LogP contribution in [0.3, 0.4) is 0 Å². The number of likely N-dealkylation sites (N-methyl/N-ethyl adjacent to an activating group) is 1. The van der Waals surface area contributed by atoms with Crippen LogP contribution in [0.4, 0.5) is 5.69 Å². The van der Waals surface area contributed by atoms with Gasteiger partial charge in [-0.05, 0) is 50.2 Å². The number of amides is 1. The normalized spacial score (nSPS) is 18.9. The Kier molecular flexibility index (Phi) is 5.96. The fraction of sp³-hybridized carbons (Fsp3) is 0.611. The molecular formula is C18H28N4O3S. The average molecular weight is 381 g/mol. The summed E-state index contributed by atoms with van der Waals surface area (Å²) in [5, 5.41) is 0. The van der Waals surface area contributed by atoms with E-state index in [1.807, 2.05) is 0 Å². The lowest BCUT2D eigenvalue weighted by molar-refractivity contribution is -0.116. The molecule has 7 nitrogen and oxygen atoms in total. The highest BCUT2D eigenvalue weighted by molar-refractivity contribution is 7.89. The summed E-state index contributed by atoms with van der Waals surface area (Å²) in [5.74, 6) is -0.0126. The second-order valence-corrected chi connectivity index (χ2v) is 8.87. The molecule has 1 aromatic carbocycles. The molecule has 0 saturated carbocycles. The fourth-order valence-electron chi connectivity index (χ4n) is 3.54. The Bertz CT molecular complexity index is 758. The van der Waals surface area contributed by atoms with Crippen molar-refractivity contribution < 1.29 is 13.2 Å². The van der Waals surface area contributed by atoms with Crippen LogP contribution < -0.4 is 9.62 Å². The lowest BCUT2D eigenvalue weighted by Gasteiger charge is -2.32. The van der Waals surface area contributed by atoms with E-state index in [0.717, 1.165) is 50.4 Å². The summed E-state index contributed by atoms with van der Waals surface area (Å²) >= 11 is 0. The molecule has 2 heterocycles. The van der Waals surface area contributed by atoms with E-state index in [0.29, 0.717) is 19.5 Å². The number of benzene rings is 1. The van der Waals surface area contributed by atoms with Crippen LogP contribution in [0.25, 0.3) is 0 Å². The minimum Gasteiger partial charge on any atom is -0.312 e. The average Bonchev–Trinajstić information content (AvgIpc) is 3.04. The summed E-state index contributed by atoms with van der Waals surface area (Å²) in [6.07, 6.45) is 1.49. The van der Waals surface area contributed by atoms with Crippen LogP contribution in [-0.2, 0) is 21.2 Å². The zero-order chi connectivity index (χ0) is 18.7. The highest BCUT2D eigenvalue weighted by atomic mass is 32.2. The first kappa shape index (κ1) is 19.3. The first-order chi connectivity index (χ1) is 12.4. The standard InChI is InChI=1S/C18H28N4O3S/c1-15(23)22-9-6-16-14-17(4-5-18(16)22)26(24,25)19-7-3-8-21-12-10-20(2)11-13-21/h4-5,14,19H,3,6-13H2,1-2H3. The van der Waals surface area contributed by atoms with E-state index < -0.39 is 10.0 Å². The molecule has 0 unspecified atom stereocenters. The number of sulfonamides is 1. The molecule has 1 fully saturated rings. The van der Waals surface area contributed by atoms with Crippen molar-refractivity contribution in [1.29, 1.82) is 0 Å². The monoisotopic (exact) mass is 380 g/mol. The minimum absolute atomic E-state index is 0.0126. The third kappa shape index (κ3) is 4.43. The predicted octanol–water partition coefficient (Wildman–Crippen LogP) is 0.511. The van der Waals surface area contributed by atoms with Crippen molar-refractivity contribution in [3.8, 4) is 0 Å². The van der Waals surface area contributed by atoms with Gasteiger partial charge in [-0.3, -0.25) is 4.79 Å². The first-order valence-corrected chi connectivity index (χ1v) is 10.7. The lowest BCUT2D eigenvalue weighted by Crippen LogP contribution is -2.45. The molecule has 0 atom stereocenters. The quantitative estimate of drug-likeness (QED) is 0.728. The smallest absolute Gasteiger partial charge is 0.240 e. The molecule has 1 amide bonds. The SMILES string of the molecule is CC(=O)N1CCc2cc(S(=O)(=O)NCCCN3CCN(C)CC3)ccc21. The molecular weight excluding hydrogens is 352 g/mol. The maximum Gasteiger partial charge on any atom is 0.240 e. The molecule has 26 heavy (non-hydrogen) atoms. The summed E-state index contributed by atoms with van der Waals surface area (Å²) in [7, 11) is -1.39.